The molecule has 3 aromatic rings. The van der Waals surface area contributed by atoms with E-state index in [1.54, 1.807) is 16.8 Å². The molecule has 0 saturated carbocycles. The molecule has 0 amide bonds. The van der Waals surface area contributed by atoms with Crippen molar-refractivity contribution in [1.29, 1.82) is 0 Å². The third-order valence-electron chi connectivity index (χ3n) is 20.8. The Kier molecular flexibility index (Phi) is 1.78. The van der Waals surface area contributed by atoms with Crippen LogP contribution in [0.25, 0.3) is 0 Å². The van der Waals surface area contributed by atoms with Crippen LogP contribution in [0.2, 0.25) is 38.0 Å². The SMILES string of the molecule is CC(C)(C)P(C[C]12[CH]3[C]4(c5ccccc5)[CH]5[C]1(P(c1ccccc1)c1ccccc1)[Fe]35421678[CH]2[CH]1[CH]6[CH]7[CH]28)C(C)(C)C. The van der Waals surface area contributed by atoms with Gasteiger partial charge in [0, 0.05) is 0 Å². The third kappa shape index (κ3) is 0.534. The monoisotopic (exact) mass is 604 g/mol. The summed E-state index contributed by atoms with van der Waals surface area (Å²) in [4.78, 5) is 8.63. The van der Waals surface area contributed by atoms with Crippen LogP contribution in [0.3, 0.4) is 0 Å². The predicted octanol–water partition coefficient (Wildman–Crippen LogP) is 9.97. The number of hydrogen-bond acceptors (Lipinski definition) is 0. The molecule has 3 heteroatoms. The molecule has 1 spiro atoms. The predicted molar refractivity (Wildman–Crippen MR) is 170 cm³/mol. The van der Waals surface area contributed by atoms with Crippen molar-refractivity contribution < 1.29 is 6.51 Å². The number of benzene rings is 3. The Hall–Kier alpha value is -0.961. The van der Waals surface area contributed by atoms with E-state index in [1.165, 1.54) is 28.9 Å². The fourth-order valence-electron chi connectivity index (χ4n) is 23.2. The van der Waals surface area contributed by atoms with Crippen LogP contribution in [-0.2, 0) is 10.8 Å². The Morgan fingerprint density at radius 1 is 0.600 bits per heavy atom. The van der Waals surface area contributed by atoms with Gasteiger partial charge in [-0.05, 0) is 0 Å². The minimum atomic E-state index is -4.10. The summed E-state index contributed by atoms with van der Waals surface area (Å²) in [5.74, 6) is 0. The van der Waals surface area contributed by atoms with E-state index in [2.05, 4.69) is 133 Å². The molecule has 208 valence electrons. The van der Waals surface area contributed by atoms with Gasteiger partial charge in [-0.15, -0.1) is 0 Å². The van der Waals surface area contributed by atoms with Gasteiger partial charge in [0.2, 0.25) is 0 Å². The van der Waals surface area contributed by atoms with Gasteiger partial charge in [0.25, 0.3) is 0 Å². The molecule has 5 unspecified atom stereocenters. The second kappa shape index (κ2) is 3.29. The molecular formula is C37H42FeP2. The Morgan fingerprint density at radius 3 is 1.43 bits per heavy atom. The van der Waals surface area contributed by atoms with Crippen molar-refractivity contribution >= 4 is 26.5 Å². The van der Waals surface area contributed by atoms with Gasteiger partial charge in [-0.1, -0.05) is 0 Å². The summed E-state index contributed by atoms with van der Waals surface area (Å²) in [6, 6.07) is 36.7. The van der Waals surface area contributed by atoms with Crippen LogP contribution in [0.4, 0.5) is 0 Å². The molecule has 0 N–H and O–H groups in total. The first-order chi connectivity index (χ1) is 18.9. The van der Waals surface area contributed by atoms with E-state index in [0.717, 1.165) is 13.2 Å². The molecule has 10 aliphatic rings. The van der Waals surface area contributed by atoms with Crippen LogP contribution in [0.1, 0.15) is 47.1 Å². The molecule has 10 saturated heterocycles. The van der Waals surface area contributed by atoms with Gasteiger partial charge in [-0.3, -0.25) is 0 Å². The Balaban J connectivity index is 1.17. The number of fused-ring (bicyclic) bond motifs is 10. The van der Waals surface area contributed by atoms with E-state index in [0.29, 0.717) is 14.6 Å². The quantitative estimate of drug-likeness (QED) is 0.194. The summed E-state index contributed by atoms with van der Waals surface area (Å²) in [5.41, 5.74) is 1.87. The summed E-state index contributed by atoms with van der Waals surface area (Å²) in [6.07, 6.45) is 1.63. The molecule has 0 aliphatic carbocycles. The van der Waals surface area contributed by atoms with E-state index in [9.17, 15) is 0 Å². The second-order valence-electron chi connectivity index (χ2n) is 19.3. The first-order valence-electron chi connectivity index (χ1n) is 15.8. The Bertz CT molecular complexity index is 2050. The van der Waals surface area contributed by atoms with E-state index in [1.807, 2.05) is 5.56 Å². The summed E-state index contributed by atoms with van der Waals surface area (Å²) < 4.78 is 2.22. The van der Waals surface area contributed by atoms with Crippen molar-refractivity contribution in [1.82, 2.24) is 0 Å². The van der Waals surface area contributed by atoms with Crippen LogP contribution < -0.4 is 10.6 Å². The zero-order valence-electron chi connectivity index (χ0n) is 24.7. The van der Waals surface area contributed by atoms with Gasteiger partial charge in [0.1, 0.15) is 0 Å². The van der Waals surface area contributed by atoms with Crippen LogP contribution in [0.5, 0.6) is 0 Å². The van der Waals surface area contributed by atoms with Crippen molar-refractivity contribution in [2.24, 2.45) is 0 Å². The molecule has 10 heterocycles. The fraction of sp³-hybridized carbons (Fsp3) is 0.514. The first-order valence-corrected chi connectivity index (χ1v) is 24.8. The maximum atomic E-state index is 2.65. The van der Waals surface area contributed by atoms with E-state index < -0.39 is 6.51 Å². The average molecular weight is 605 g/mol. The normalized spacial score (nSPS) is 62.1. The van der Waals surface area contributed by atoms with Crippen LogP contribution >= 0.6 is 15.8 Å². The van der Waals surface area contributed by atoms with E-state index in [4.69, 9.17) is 0 Å². The molecule has 13 rings (SSSR count). The molecule has 3 aromatic carbocycles. The third-order valence-corrected chi connectivity index (χ3v) is 75.8. The van der Waals surface area contributed by atoms with Crippen molar-refractivity contribution in [3.63, 3.8) is 0 Å². The first kappa shape index (κ1) is 21.7. The Morgan fingerprint density at radius 2 is 1.02 bits per heavy atom. The minimum absolute atomic E-state index is 0.0891. The van der Waals surface area contributed by atoms with Crippen molar-refractivity contribution in [3.8, 4) is 0 Å². The molecule has 0 bridgehead atoms. The number of hydrogen-bond donors (Lipinski definition) is 0. The van der Waals surface area contributed by atoms with E-state index in [-0.39, 0.29) is 15.8 Å². The Labute approximate surface area is 232 Å². The van der Waals surface area contributed by atoms with Gasteiger partial charge >= 0.3 is 234 Å². The van der Waals surface area contributed by atoms with Gasteiger partial charge in [0.05, 0.1) is 0 Å². The van der Waals surface area contributed by atoms with Gasteiger partial charge in [-0.25, -0.2) is 0 Å². The zero-order valence-corrected chi connectivity index (χ0v) is 27.5. The molecule has 0 radical (unpaired) electrons. The molecule has 5 atom stereocenters. The van der Waals surface area contributed by atoms with Crippen LogP contribution in [0, 0.1) is 0 Å². The summed E-state index contributed by atoms with van der Waals surface area (Å²) in [5, 5.41) is 4.29. The summed E-state index contributed by atoms with van der Waals surface area (Å²) in [6.45, 7) is 11.6. The fourth-order valence-corrected chi connectivity index (χ4v) is 123. The second-order valence-corrected chi connectivity index (χ2v) is 48.9. The maximum absolute atomic E-state index is 4.10. The van der Waals surface area contributed by atoms with E-state index >= 15 is 0 Å². The summed E-state index contributed by atoms with van der Waals surface area (Å²) in [7, 11) is -0.420. The van der Waals surface area contributed by atoms with Gasteiger partial charge in [0.15, 0.2) is 0 Å². The molecule has 0 nitrogen and oxygen atoms in total. The standard InChI is InChI=1S/C32H37P2.C5H5.Fe/c1-31(2,3)33(32(4,5)6)24-27-22-26(25-16-10-7-11-17-25)23-30(27)34(28-18-12-8-13-19-28)29-20-14-9-15-21-29;1-2-4-5-3-1;/h7-23H,24H2,1-6H3;1-5H;. The molecule has 0 aromatic heterocycles. The summed E-state index contributed by atoms with van der Waals surface area (Å²) >= 11 is 0. The average Bonchev–Trinajstić information content (AvgIpc) is 3.88. The van der Waals surface area contributed by atoms with Crippen LogP contribution in [-0.4, -0.2) is 20.5 Å². The van der Waals surface area contributed by atoms with Crippen molar-refractivity contribution in [2.75, 3.05) is 6.16 Å². The van der Waals surface area contributed by atoms with Gasteiger partial charge in [-0.2, -0.15) is 0 Å². The number of rotatable bonds is 6. The van der Waals surface area contributed by atoms with Crippen LogP contribution in [0.15, 0.2) is 91.0 Å². The molecule has 10 fully saturated rings. The van der Waals surface area contributed by atoms with Gasteiger partial charge < -0.3 is 0 Å². The van der Waals surface area contributed by atoms with Crippen molar-refractivity contribution in [3.05, 3.63) is 96.6 Å². The molecular weight excluding hydrogens is 562 g/mol. The molecule has 10 aliphatic heterocycles. The van der Waals surface area contributed by atoms with Crippen molar-refractivity contribution in [2.45, 2.75) is 98.3 Å². The molecule has 40 heavy (non-hydrogen) atoms. The topological polar surface area (TPSA) is 0 Å². The zero-order chi connectivity index (χ0) is 27.1.